The lowest BCUT2D eigenvalue weighted by molar-refractivity contribution is -0.199. The van der Waals surface area contributed by atoms with Gasteiger partial charge >= 0.3 is 6.18 Å². The molecule has 4 nitrogen and oxygen atoms in total. The van der Waals surface area contributed by atoms with Crippen LogP contribution in [0.25, 0.3) is 11.3 Å². The van der Waals surface area contributed by atoms with Crippen LogP contribution in [0.15, 0.2) is 18.5 Å². The lowest BCUT2D eigenvalue weighted by Gasteiger charge is -2.66. The number of nitrogens with zero attached hydrogens (tertiary/aromatic N) is 3. The maximum atomic E-state index is 13.8. The summed E-state index contributed by atoms with van der Waals surface area (Å²) in [6.07, 6.45) is 0.414. The third-order valence-electron chi connectivity index (χ3n) is 5.06. The predicted molar refractivity (Wildman–Crippen MR) is 79.9 cm³/mol. The van der Waals surface area contributed by atoms with Gasteiger partial charge in [0.15, 0.2) is 0 Å². The highest BCUT2D eigenvalue weighted by Crippen LogP contribution is 2.67. The summed E-state index contributed by atoms with van der Waals surface area (Å²) < 4.78 is 54.8. The highest BCUT2D eigenvalue weighted by molar-refractivity contribution is 5.62. The number of nitrogen functional groups attached to an aromatic ring is 1. The number of aromatic nitrogens is 3. The number of aryl methyl sites for hydroxylation is 1. The molecule has 0 amide bonds. The average Bonchev–Trinajstić information content (AvgIpc) is 2.86. The van der Waals surface area contributed by atoms with Crippen LogP contribution in [0.1, 0.15) is 37.6 Å². The van der Waals surface area contributed by atoms with Gasteiger partial charge in [0.05, 0.1) is 16.8 Å². The molecule has 3 aliphatic rings. The fraction of sp³-hybridized carbons (Fsp3) is 0.500. The summed E-state index contributed by atoms with van der Waals surface area (Å²) >= 11 is 0. The molecule has 2 bridgehead atoms. The number of hydrogen-bond donors (Lipinski definition) is 1. The van der Waals surface area contributed by atoms with Gasteiger partial charge in [-0.05, 0) is 6.07 Å². The van der Waals surface area contributed by atoms with E-state index in [9.17, 15) is 17.6 Å². The van der Waals surface area contributed by atoms with Crippen molar-refractivity contribution in [1.29, 1.82) is 0 Å². The molecule has 3 aliphatic carbocycles. The smallest absolute Gasteiger partial charge is 0.383 e. The quantitative estimate of drug-likeness (QED) is 0.867. The molecule has 3 fully saturated rings. The van der Waals surface area contributed by atoms with Crippen molar-refractivity contribution in [3.63, 3.8) is 0 Å². The van der Waals surface area contributed by atoms with Crippen LogP contribution in [0.3, 0.4) is 0 Å². The SMILES string of the molecule is CCc1nc(-c2cnc(N)c(C(F)(F)F)c2)cn1C12CC(F)(C1)C2. The predicted octanol–water partition coefficient (Wildman–Crippen LogP) is 3.71. The van der Waals surface area contributed by atoms with Crippen molar-refractivity contribution in [1.82, 2.24) is 14.5 Å². The Kier molecular flexibility index (Phi) is 2.88. The number of halogens is 4. The molecule has 0 aliphatic heterocycles. The third-order valence-corrected chi connectivity index (χ3v) is 5.06. The van der Waals surface area contributed by atoms with Gasteiger partial charge in [-0.2, -0.15) is 13.2 Å². The molecule has 0 unspecified atom stereocenters. The number of anilines is 1. The highest BCUT2D eigenvalue weighted by Gasteiger charge is 2.70. The minimum Gasteiger partial charge on any atom is -0.383 e. The van der Waals surface area contributed by atoms with Crippen molar-refractivity contribution in [2.45, 2.75) is 50.0 Å². The minimum absolute atomic E-state index is 0.251. The lowest BCUT2D eigenvalue weighted by atomic mass is 9.47. The second kappa shape index (κ2) is 4.49. The maximum absolute atomic E-state index is 13.8. The van der Waals surface area contributed by atoms with Crippen molar-refractivity contribution in [2.24, 2.45) is 0 Å². The molecule has 128 valence electrons. The van der Waals surface area contributed by atoms with E-state index in [-0.39, 0.29) is 11.1 Å². The molecular weight excluding hydrogens is 324 g/mol. The second-order valence-electron chi connectivity index (χ2n) is 6.83. The van der Waals surface area contributed by atoms with Crippen LogP contribution in [-0.4, -0.2) is 20.2 Å². The third kappa shape index (κ3) is 2.04. The van der Waals surface area contributed by atoms with Crippen molar-refractivity contribution >= 4 is 5.82 Å². The van der Waals surface area contributed by atoms with Crippen molar-refractivity contribution < 1.29 is 17.6 Å². The molecule has 2 aromatic heterocycles. The summed E-state index contributed by atoms with van der Waals surface area (Å²) in [6, 6.07) is 0.965. The van der Waals surface area contributed by atoms with Crippen LogP contribution in [0.2, 0.25) is 0 Å². The zero-order valence-electron chi connectivity index (χ0n) is 13.0. The zero-order chi connectivity index (χ0) is 17.3. The molecule has 0 radical (unpaired) electrons. The zero-order valence-corrected chi connectivity index (χ0v) is 13.0. The van der Waals surface area contributed by atoms with E-state index in [4.69, 9.17) is 5.73 Å². The van der Waals surface area contributed by atoms with Gasteiger partial charge in [-0.15, -0.1) is 0 Å². The molecule has 24 heavy (non-hydrogen) atoms. The number of alkyl halides is 4. The standard InChI is InChI=1S/C16H16F4N4/c1-2-12-23-11(5-24(12)15-6-14(17,7-15)8-15)9-3-10(16(18,19)20)13(21)22-4-9/h3-5H,2,6-8H2,1H3,(H2,21,22). The van der Waals surface area contributed by atoms with Gasteiger partial charge in [0.25, 0.3) is 0 Å². The molecule has 2 heterocycles. The molecular formula is C16H16F4N4. The summed E-state index contributed by atoms with van der Waals surface area (Å²) in [5.41, 5.74) is 3.72. The van der Waals surface area contributed by atoms with Crippen LogP contribution in [0, 0.1) is 0 Å². The van der Waals surface area contributed by atoms with Crippen LogP contribution >= 0.6 is 0 Å². The number of pyridine rings is 1. The summed E-state index contributed by atoms with van der Waals surface area (Å²) in [5, 5.41) is 0. The fourth-order valence-electron chi connectivity index (χ4n) is 3.93. The van der Waals surface area contributed by atoms with Crippen LogP contribution in [0.4, 0.5) is 23.4 Å². The van der Waals surface area contributed by atoms with Crippen molar-refractivity contribution in [3.8, 4) is 11.3 Å². The van der Waals surface area contributed by atoms with Gasteiger partial charge in [0.2, 0.25) is 0 Å². The summed E-state index contributed by atoms with van der Waals surface area (Å²) in [7, 11) is 0. The van der Waals surface area contributed by atoms with Gasteiger partial charge in [0.1, 0.15) is 17.3 Å². The largest absolute Gasteiger partial charge is 0.419 e. The van der Waals surface area contributed by atoms with Gasteiger partial charge in [-0.25, -0.2) is 14.4 Å². The number of imidazole rings is 1. The molecule has 2 N–H and O–H groups in total. The summed E-state index contributed by atoms with van der Waals surface area (Å²) in [5.74, 6) is 0.192. The van der Waals surface area contributed by atoms with E-state index in [1.54, 1.807) is 6.20 Å². The summed E-state index contributed by atoms with van der Waals surface area (Å²) in [4.78, 5) is 8.09. The number of rotatable bonds is 3. The Morgan fingerprint density at radius 2 is 1.96 bits per heavy atom. The van der Waals surface area contributed by atoms with Gasteiger partial charge in [0, 0.05) is 43.6 Å². The van der Waals surface area contributed by atoms with E-state index < -0.39 is 23.2 Å². The Labute approximate surface area is 135 Å². The normalized spacial score (nSPS) is 28.4. The van der Waals surface area contributed by atoms with Crippen LogP contribution in [0.5, 0.6) is 0 Å². The first kappa shape index (κ1) is 15.4. The Morgan fingerprint density at radius 1 is 1.29 bits per heavy atom. The monoisotopic (exact) mass is 340 g/mol. The fourth-order valence-corrected chi connectivity index (χ4v) is 3.93. The minimum atomic E-state index is -4.57. The Balaban J connectivity index is 1.75. The Bertz CT molecular complexity index is 804. The highest BCUT2D eigenvalue weighted by atomic mass is 19.4. The Morgan fingerprint density at radius 3 is 2.50 bits per heavy atom. The van der Waals surface area contributed by atoms with Gasteiger partial charge in [-0.3, -0.25) is 0 Å². The number of hydrogen-bond acceptors (Lipinski definition) is 3. The van der Waals surface area contributed by atoms with Gasteiger partial charge in [-0.1, -0.05) is 6.92 Å². The van der Waals surface area contributed by atoms with Crippen LogP contribution < -0.4 is 5.73 Å². The van der Waals surface area contributed by atoms with E-state index in [0.29, 0.717) is 31.4 Å². The first-order chi connectivity index (χ1) is 11.2. The second-order valence-corrected chi connectivity index (χ2v) is 6.83. The average molecular weight is 340 g/mol. The molecule has 0 spiro atoms. The number of nitrogens with two attached hydrogens (primary N) is 1. The Hall–Kier alpha value is -2.12. The van der Waals surface area contributed by atoms with E-state index in [1.165, 1.54) is 6.20 Å². The van der Waals surface area contributed by atoms with E-state index >= 15 is 0 Å². The first-order valence-electron chi connectivity index (χ1n) is 7.77. The van der Waals surface area contributed by atoms with Gasteiger partial charge < -0.3 is 10.3 Å². The first-order valence-corrected chi connectivity index (χ1v) is 7.77. The molecule has 0 atom stereocenters. The molecule has 0 aromatic carbocycles. The molecule has 0 saturated heterocycles. The van der Waals surface area contributed by atoms with Crippen molar-refractivity contribution in [3.05, 3.63) is 29.8 Å². The topological polar surface area (TPSA) is 56.7 Å². The van der Waals surface area contributed by atoms with E-state index in [0.717, 1.165) is 11.9 Å². The van der Waals surface area contributed by atoms with Crippen LogP contribution in [-0.2, 0) is 18.1 Å². The molecule has 5 rings (SSSR count). The molecule has 3 saturated carbocycles. The summed E-state index contributed by atoms with van der Waals surface area (Å²) in [6.45, 7) is 1.92. The van der Waals surface area contributed by atoms with E-state index in [1.807, 2.05) is 11.5 Å². The molecule has 2 aromatic rings. The lowest BCUT2D eigenvalue weighted by Crippen LogP contribution is -2.70. The maximum Gasteiger partial charge on any atom is 0.419 e. The molecule has 8 heteroatoms. The van der Waals surface area contributed by atoms with Crippen molar-refractivity contribution in [2.75, 3.05) is 5.73 Å². The van der Waals surface area contributed by atoms with E-state index in [2.05, 4.69) is 9.97 Å².